The summed E-state index contributed by atoms with van der Waals surface area (Å²) in [5.74, 6) is -0.661. The largest absolute Gasteiger partial charge is 0.304 e. The van der Waals surface area contributed by atoms with Gasteiger partial charge in [-0.1, -0.05) is 60.7 Å². The topological polar surface area (TPSA) is 58.7 Å². The first-order chi connectivity index (χ1) is 13.1. The van der Waals surface area contributed by atoms with Crippen LogP contribution in [0.5, 0.6) is 0 Å². The van der Waals surface area contributed by atoms with Crippen molar-refractivity contribution >= 4 is 17.3 Å². The van der Waals surface area contributed by atoms with Crippen molar-refractivity contribution in [1.29, 1.82) is 0 Å². The third-order valence-electron chi connectivity index (χ3n) is 4.51. The Bertz CT molecular complexity index is 1020. The Morgan fingerprint density at radius 2 is 1.70 bits per heavy atom. The molecule has 0 aromatic heterocycles. The average Bonchev–Trinajstić information content (AvgIpc) is 2.79. The molecule has 2 N–H and O–H groups in total. The van der Waals surface area contributed by atoms with Crippen molar-refractivity contribution in [3.05, 3.63) is 101 Å². The predicted octanol–water partition coefficient (Wildman–Crippen LogP) is 3.49. The van der Waals surface area contributed by atoms with Crippen molar-refractivity contribution in [2.24, 2.45) is 10.7 Å². The lowest BCUT2D eigenvalue weighted by molar-refractivity contribution is -0.119. The van der Waals surface area contributed by atoms with Gasteiger partial charge in [0, 0.05) is 11.1 Å². The van der Waals surface area contributed by atoms with Crippen LogP contribution in [-0.4, -0.2) is 17.8 Å². The molecular weight excluding hydrogens is 341 g/mol. The van der Waals surface area contributed by atoms with E-state index >= 15 is 0 Å². The second-order valence-corrected chi connectivity index (χ2v) is 6.36. The number of hydrogen-bond donors (Lipinski definition) is 1. The number of halogens is 1. The highest BCUT2D eigenvalue weighted by Crippen LogP contribution is 2.29. The molecule has 0 saturated carbocycles. The summed E-state index contributed by atoms with van der Waals surface area (Å²) in [6, 6.07) is 23.4. The van der Waals surface area contributed by atoms with E-state index < -0.39 is 6.17 Å². The van der Waals surface area contributed by atoms with Gasteiger partial charge >= 0.3 is 0 Å². The lowest BCUT2D eigenvalue weighted by atomic mass is 10.00. The van der Waals surface area contributed by atoms with Gasteiger partial charge in [0.25, 0.3) is 5.91 Å². The summed E-state index contributed by atoms with van der Waals surface area (Å²) in [7, 11) is 0. The normalized spacial score (nSPS) is 16.5. The highest BCUT2D eigenvalue weighted by atomic mass is 19.1. The summed E-state index contributed by atoms with van der Waals surface area (Å²) in [5.41, 5.74) is 9.89. The number of amides is 1. The summed E-state index contributed by atoms with van der Waals surface area (Å²) in [6.07, 6.45) is -1.03. The van der Waals surface area contributed by atoms with Crippen LogP contribution in [0.1, 0.15) is 16.7 Å². The number of benzene rings is 3. The number of carbonyl (C=O) groups is 1. The number of benzodiazepines with no additional fused rings is 1. The van der Waals surface area contributed by atoms with Gasteiger partial charge in [-0.3, -0.25) is 9.79 Å². The van der Waals surface area contributed by atoms with Crippen molar-refractivity contribution < 1.29 is 9.18 Å². The summed E-state index contributed by atoms with van der Waals surface area (Å²) >= 11 is 0. The average molecular weight is 359 g/mol. The van der Waals surface area contributed by atoms with Gasteiger partial charge in [-0.2, -0.15) is 0 Å². The minimum atomic E-state index is -1.03. The summed E-state index contributed by atoms with van der Waals surface area (Å²) in [6.45, 7) is 0.221. The molecule has 1 heterocycles. The van der Waals surface area contributed by atoms with E-state index in [1.54, 1.807) is 17.0 Å². The van der Waals surface area contributed by atoms with E-state index in [1.165, 1.54) is 12.1 Å². The second-order valence-electron chi connectivity index (χ2n) is 6.36. The number of anilines is 1. The summed E-state index contributed by atoms with van der Waals surface area (Å²) in [4.78, 5) is 19.1. The molecule has 134 valence electrons. The van der Waals surface area contributed by atoms with Crippen LogP contribution in [0.4, 0.5) is 10.1 Å². The number of aliphatic imine (C=N–C) groups is 1. The van der Waals surface area contributed by atoms with Crippen LogP contribution in [0.2, 0.25) is 0 Å². The smallest absolute Gasteiger partial charge is 0.266 e. The van der Waals surface area contributed by atoms with Crippen molar-refractivity contribution in [1.82, 2.24) is 0 Å². The van der Waals surface area contributed by atoms with Gasteiger partial charge in [0.15, 0.2) is 6.17 Å². The Labute approximate surface area is 156 Å². The van der Waals surface area contributed by atoms with Crippen LogP contribution in [0.15, 0.2) is 83.9 Å². The first-order valence-corrected chi connectivity index (χ1v) is 8.67. The Morgan fingerprint density at radius 1 is 0.963 bits per heavy atom. The Morgan fingerprint density at radius 3 is 2.48 bits per heavy atom. The maximum atomic E-state index is 13.6. The Kier molecular flexibility index (Phi) is 4.52. The van der Waals surface area contributed by atoms with Gasteiger partial charge in [0.1, 0.15) is 5.82 Å². The molecule has 1 amide bonds. The molecule has 4 nitrogen and oxygen atoms in total. The molecular formula is C22H18FN3O. The fourth-order valence-electron chi connectivity index (χ4n) is 3.26. The van der Waals surface area contributed by atoms with E-state index in [1.807, 2.05) is 54.6 Å². The van der Waals surface area contributed by atoms with Gasteiger partial charge in [-0.25, -0.2) is 4.39 Å². The number of carbonyl (C=O) groups excluding carboxylic acids is 1. The predicted molar refractivity (Wildman–Crippen MR) is 104 cm³/mol. The number of rotatable bonds is 3. The number of nitrogens with zero attached hydrogens (tertiary/aromatic N) is 2. The van der Waals surface area contributed by atoms with Crippen LogP contribution < -0.4 is 10.6 Å². The maximum Gasteiger partial charge on any atom is 0.266 e. The molecule has 0 radical (unpaired) electrons. The highest BCUT2D eigenvalue weighted by molar-refractivity contribution is 6.20. The van der Waals surface area contributed by atoms with Crippen LogP contribution in [0.25, 0.3) is 0 Å². The van der Waals surface area contributed by atoms with Crippen LogP contribution >= 0.6 is 0 Å². The summed E-state index contributed by atoms with van der Waals surface area (Å²) in [5, 5.41) is 0. The van der Waals surface area contributed by atoms with E-state index in [2.05, 4.69) is 4.99 Å². The van der Waals surface area contributed by atoms with Crippen molar-refractivity contribution in [2.45, 2.75) is 12.7 Å². The van der Waals surface area contributed by atoms with Crippen molar-refractivity contribution in [3.8, 4) is 0 Å². The zero-order chi connectivity index (χ0) is 18.8. The molecule has 1 unspecified atom stereocenters. The summed E-state index contributed by atoms with van der Waals surface area (Å²) < 4.78 is 13.6. The van der Waals surface area contributed by atoms with Gasteiger partial charge < -0.3 is 10.6 Å². The van der Waals surface area contributed by atoms with Crippen molar-refractivity contribution in [2.75, 3.05) is 4.90 Å². The molecule has 27 heavy (non-hydrogen) atoms. The fraction of sp³-hybridized carbons (Fsp3) is 0.0909. The van der Waals surface area contributed by atoms with E-state index in [-0.39, 0.29) is 18.3 Å². The zero-order valence-corrected chi connectivity index (χ0v) is 14.5. The quantitative estimate of drug-likeness (QED) is 0.778. The monoisotopic (exact) mass is 359 g/mol. The van der Waals surface area contributed by atoms with Gasteiger partial charge in [0.2, 0.25) is 0 Å². The lowest BCUT2D eigenvalue weighted by Gasteiger charge is -2.24. The van der Waals surface area contributed by atoms with Gasteiger partial charge in [0.05, 0.1) is 17.9 Å². The molecule has 3 aromatic carbocycles. The van der Waals surface area contributed by atoms with Crippen LogP contribution in [0, 0.1) is 5.82 Å². The lowest BCUT2D eigenvalue weighted by Crippen LogP contribution is -2.41. The minimum absolute atomic E-state index is 0.221. The Balaban J connectivity index is 1.83. The minimum Gasteiger partial charge on any atom is -0.304 e. The third-order valence-corrected chi connectivity index (χ3v) is 4.51. The molecule has 0 bridgehead atoms. The molecule has 5 heteroatoms. The van der Waals surface area contributed by atoms with E-state index in [0.717, 1.165) is 11.1 Å². The van der Waals surface area contributed by atoms with E-state index in [0.29, 0.717) is 17.0 Å². The highest BCUT2D eigenvalue weighted by Gasteiger charge is 2.29. The second kappa shape index (κ2) is 7.13. The molecule has 0 saturated heterocycles. The molecule has 0 spiro atoms. The first-order valence-electron chi connectivity index (χ1n) is 8.67. The van der Waals surface area contributed by atoms with Gasteiger partial charge in [-0.15, -0.1) is 0 Å². The molecule has 1 aliphatic heterocycles. The SMILES string of the molecule is NC1N=C(c2ccccc2)c2ccccc2N(Cc2cccc(F)c2)C1=O. The number of fused-ring (bicyclic) bond motifs is 1. The van der Waals surface area contributed by atoms with Crippen LogP contribution in [0.3, 0.4) is 0 Å². The molecule has 1 aliphatic rings. The third kappa shape index (κ3) is 3.37. The molecule has 1 atom stereocenters. The molecule has 3 aromatic rings. The molecule has 0 fully saturated rings. The number of hydrogen-bond acceptors (Lipinski definition) is 3. The standard InChI is InChI=1S/C22H18FN3O/c23-17-10-6-7-15(13-17)14-26-19-12-5-4-11-18(19)20(25-21(24)22(26)27)16-8-2-1-3-9-16/h1-13,21H,14,24H2. The molecule has 4 rings (SSSR count). The molecule has 0 aliphatic carbocycles. The Hall–Kier alpha value is -3.31. The maximum absolute atomic E-state index is 13.6. The van der Waals surface area contributed by atoms with Gasteiger partial charge in [-0.05, 0) is 23.8 Å². The first kappa shape index (κ1) is 17.1. The van der Waals surface area contributed by atoms with Crippen LogP contribution in [-0.2, 0) is 11.3 Å². The number of nitrogens with two attached hydrogens (primary N) is 1. The van der Waals surface area contributed by atoms with E-state index in [9.17, 15) is 9.18 Å². The fourth-order valence-corrected chi connectivity index (χ4v) is 3.26. The zero-order valence-electron chi connectivity index (χ0n) is 14.5. The van der Waals surface area contributed by atoms with E-state index in [4.69, 9.17) is 5.73 Å². The number of para-hydroxylation sites is 1. The van der Waals surface area contributed by atoms with Crippen molar-refractivity contribution in [3.63, 3.8) is 0 Å².